The number of rotatable bonds is 4. The molecule has 0 radical (unpaired) electrons. The Bertz CT molecular complexity index is 465. The molecule has 1 amide bonds. The van der Waals surface area contributed by atoms with Crippen LogP contribution in [-0.2, 0) is 16.0 Å². The zero-order chi connectivity index (χ0) is 14.6. The molecule has 0 saturated heterocycles. The molecule has 1 aromatic rings. The summed E-state index contributed by atoms with van der Waals surface area (Å²) in [6.07, 6.45) is -0.535. The number of aliphatic carboxylic acids is 1. The lowest BCUT2D eigenvalue weighted by Gasteiger charge is -2.21. The molecule has 0 aliphatic carbocycles. The van der Waals surface area contributed by atoms with Gasteiger partial charge in [0.25, 0.3) is 0 Å². The van der Waals surface area contributed by atoms with Gasteiger partial charge in [-0.25, -0.2) is 14.6 Å². The molecule has 1 unspecified atom stereocenters. The summed E-state index contributed by atoms with van der Waals surface area (Å²) >= 11 is 1.37. The summed E-state index contributed by atoms with van der Waals surface area (Å²) in [7, 11) is 0. The van der Waals surface area contributed by atoms with Crippen molar-refractivity contribution in [3.63, 3.8) is 0 Å². The number of ether oxygens (including phenoxy) is 1. The van der Waals surface area contributed by atoms with Gasteiger partial charge >= 0.3 is 12.1 Å². The molecule has 0 bridgehead atoms. The number of carboxylic acid groups (broad SMARTS) is 1. The van der Waals surface area contributed by atoms with Crippen LogP contribution < -0.4 is 5.32 Å². The predicted molar refractivity (Wildman–Crippen MR) is 71.3 cm³/mol. The van der Waals surface area contributed by atoms with Crippen molar-refractivity contribution in [3.8, 4) is 0 Å². The number of thiazole rings is 1. The van der Waals surface area contributed by atoms with E-state index in [2.05, 4.69) is 10.3 Å². The van der Waals surface area contributed by atoms with Crippen LogP contribution in [0.1, 0.15) is 31.3 Å². The number of aryl methyl sites for hydroxylation is 1. The first-order chi connectivity index (χ1) is 8.69. The normalized spacial score (nSPS) is 12.8. The number of nitrogens with one attached hydrogen (secondary N) is 1. The first-order valence-corrected chi connectivity index (χ1v) is 6.68. The van der Waals surface area contributed by atoms with E-state index in [9.17, 15) is 9.59 Å². The summed E-state index contributed by atoms with van der Waals surface area (Å²) in [6.45, 7) is 6.96. The molecule has 0 saturated carbocycles. The second kappa shape index (κ2) is 6.01. The maximum absolute atomic E-state index is 11.6. The second-order valence-corrected chi connectivity index (χ2v) is 6.04. The first-order valence-electron chi connectivity index (χ1n) is 5.80. The van der Waals surface area contributed by atoms with Crippen molar-refractivity contribution in [2.45, 2.75) is 45.8 Å². The number of nitrogens with zero attached hydrogens (tertiary/aromatic N) is 1. The zero-order valence-corrected chi connectivity index (χ0v) is 12.2. The molecule has 2 N–H and O–H groups in total. The molecule has 106 valence electrons. The minimum absolute atomic E-state index is 0.199. The molecule has 0 aromatic carbocycles. The van der Waals surface area contributed by atoms with Gasteiger partial charge < -0.3 is 15.2 Å². The number of amides is 1. The maximum atomic E-state index is 11.6. The lowest BCUT2D eigenvalue weighted by molar-refractivity contribution is -0.139. The molecule has 0 fully saturated rings. The van der Waals surface area contributed by atoms with Crippen molar-refractivity contribution in [3.05, 3.63) is 16.1 Å². The van der Waals surface area contributed by atoms with Gasteiger partial charge in [-0.3, -0.25) is 0 Å². The Labute approximate surface area is 115 Å². The summed E-state index contributed by atoms with van der Waals surface area (Å²) in [5.41, 5.74) is 1.77. The minimum Gasteiger partial charge on any atom is -0.480 e. The topological polar surface area (TPSA) is 88.5 Å². The Morgan fingerprint density at radius 3 is 2.58 bits per heavy atom. The summed E-state index contributed by atoms with van der Waals surface area (Å²) in [5.74, 6) is -1.10. The molecule has 7 heteroatoms. The van der Waals surface area contributed by atoms with Crippen LogP contribution in [0.3, 0.4) is 0 Å². The van der Waals surface area contributed by atoms with E-state index < -0.39 is 23.7 Å². The molecule has 0 aliphatic heterocycles. The van der Waals surface area contributed by atoms with Gasteiger partial charge in [0.2, 0.25) is 0 Å². The Hall–Kier alpha value is -1.63. The van der Waals surface area contributed by atoms with Crippen LogP contribution in [0, 0.1) is 6.92 Å². The van der Waals surface area contributed by atoms with Gasteiger partial charge in [-0.15, -0.1) is 11.3 Å². The Kier molecular flexibility index (Phi) is 4.88. The number of hydrogen-bond donors (Lipinski definition) is 2. The Morgan fingerprint density at radius 2 is 2.16 bits per heavy atom. The van der Waals surface area contributed by atoms with Gasteiger partial charge in [0, 0.05) is 11.3 Å². The molecule has 1 rings (SSSR count). The summed E-state index contributed by atoms with van der Waals surface area (Å²) < 4.78 is 5.04. The van der Waals surface area contributed by atoms with E-state index in [1.807, 2.05) is 0 Å². The zero-order valence-electron chi connectivity index (χ0n) is 11.4. The van der Waals surface area contributed by atoms with Gasteiger partial charge in [-0.2, -0.15) is 0 Å². The maximum Gasteiger partial charge on any atom is 0.408 e. The largest absolute Gasteiger partial charge is 0.480 e. The SMILES string of the molecule is Cc1ncsc1CC(NC(=O)OC(C)(C)C)C(=O)O. The highest BCUT2D eigenvalue weighted by Gasteiger charge is 2.25. The van der Waals surface area contributed by atoms with Crippen molar-refractivity contribution >= 4 is 23.4 Å². The van der Waals surface area contributed by atoms with Crippen LogP contribution in [0.15, 0.2) is 5.51 Å². The molecule has 0 aliphatic rings. The molecule has 1 heterocycles. The number of carbonyl (C=O) groups is 2. The van der Waals surface area contributed by atoms with Crippen LogP contribution in [0.2, 0.25) is 0 Å². The van der Waals surface area contributed by atoms with Gasteiger partial charge in [0.15, 0.2) is 0 Å². The lowest BCUT2D eigenvalue weighted by Crippen LogP contribution is -2.44. The average Bonchev–Trinajstić information content (AvgIpc) is 2.60. The van der Waals surface area contributed by atoms with Crippen molar-refractivity contribution in [2.24, 2.45) is 0 Å². The monoisotopic (exact) mass is 286 g/mol. The minimum atomic E-state index is -1.10. The molecule has 1 atom stereocenters. The van der Waals surface area contributed by atoms with E-state index in [-0.39, 0.29) is 6.42 Å². The summed E-state index contributed by atoms with van der Waals surface area (Å²) in [4.78, 5) is 27.6. The van der Waals surface area contributed by atoms with Crippen LogP contribution in [-0.4, -0.2) is 33.8 Å². The number of hydrogen-bond acceptors (Lipinski definition) is 5. The number of alkyl carbamates (subject to hydrolysis) is 1. The first kappa shape index (κ1) is 15.4. The Morgan fingerprint density at radius 1 is 1.53 bits per heavy atom. The third-order valence-electron chi connectivity index (χ3n) is 2.22. The smallest absolute Gasteiger partial charge is 0.408 e. The molecular formula is C12H18N2O4S. The van der Waals surface area contributed by atoms with Crippen molar-refractivity contribution in [1.29, 1.82) is 0 Å². The van der Waals surface area contributed by atoms with Crippen LogP contribution >= 0.6 is 11.3 Å². The van der Waals surface area contributed by atoms with Crippen molar-refractivity contribution < 1.29 is 19.4 Å². The second-order valence-electron chi connectivity index (χ2n) is 5.10. The van der Waals surface area contributed by atoms with Crippen molar-refractivity contribution in [1.82, 2.24) is 10.3 Å². The van der Waals surface area contributed by atoms with E-state index in [0.717, 1.165) is 10.6 Å². The predicted octanol–water partition coefficient (Wildman–Crippen LogP) is 1.97. The molecule has 1 aromatic heterocycles. The molecular weight excluding hydrogens is 268 g/mol. The number of carboxylic acids is 1. The molecule has 6 nitrogen and oxygen atoms in total. The third kappa shape index (κ3) is 5.25. The van der Waals surface area contributed by atoms with Crippen LogP contribution in [0.5, 0.6) is 0 Å². The average molecular weight is 286 g/mol. The van der Waals surface area contributed by atoms with Gasteiger partial charge in [-0.1, -0.05) is 0 Å². The highest BCUT2D eigenvalue weighted by molar-refractivity contribution is 7.09. The fourth-order valence-corrected chi connectivity index (χ4v) is 2.18. The fourth-order valence-electron chi connectivity index (χ4n) is 1.36. The summed E-state index contributed by atoms with van der Waals surface area (Å²) in [6, 6.07) is -1.02. The van der Waals surface area contributed by atoms with Gasteiger partial charge in [0.1, 0.15) is 11.6 Å². The van der Waals surface area contributed by atoms with E-state index in [1.165, 1.54) is 11.3 Å². The molecule has 0 spiro atoms. The quantitative estimate of drug-likeness (QED) is 0.883. The summed E-state index contributed by atoms with van der Waals surface area (Å²) in [5, 5.41) is 11.5. The van der Waals surface area contributed by atoms with E-state index in [0.29, 0.717) is 0 Å². The van der Waals surface area contributed by atoms with E-state index in [1.54, 1.807) is 33.2 Å². The third-order valence-corrected chi connectivity index (χ3v) is 3.18. The van der Waals surface area contributed by atoms with Crippen molar-refractivity contribution in [2.75, 3.05) is 0 Å². The Balaban J connectivity index is 2.67. The van der Waals surface area contributed by atoms with Gasteiger partial charge in [0.05, 0.1) is 11.2 Å². The van der Waals surface area contributed by atoms with E-state index >= 15 is 0 Å². The lowest BCUT2D eigenvalue weighted by atomic mass is 10.1. The van der Waals surface area contributed by atoms with Crippen LogP contribution in [0.25, 0.3) is 0 Å². The van der Waals surface area contributed by atoms with Crippen LogP contribution in [0.4, 0.5) is 4.79 Å². The highest BCUT2D eigenvalue weighted by atomic mass is 32.1. The standard InChI is InChI=1S/C12H18N2O4S/c1-7-9(19-6-13-7)5-8(10(15)16)14-11(17)18-12(2,3)4/h6,8H,5H2,1-4H3,(H,14,17)(H,15,16). The number of carbonyl (C=O) groups excluding carboxylic acids is 1. The van der Waals surface area contributed by atoms with Gasteiger partial charge in [-0.05, 0) is 27.7 Å². The highest BCUT2D eigenvalue weighted by Crippen LogP contribution is 2.15. The number of aromatic nitrogens is 1. The molecule has 19 heavy (non-hydrogen) atoms. The van der Waals surface area contributed by atoms with E-state index in [4.69, 9.17) is 9.84 Å². The fraction of sp³-hybridized carbons (Fsp3) is 0.583.